The molecule has 0 aliphatic carbocycles. The van der Waals surface area contributed by atoms with E-state index in [9.17, 15) is 4.79 Å². The minimum Gasteiger partial charge on any atom is -0.459 e. The number of hydrogen-bond donors (Lipinski definition) is 1. The third-order valence-corrected chi connectivity index (χ3v) is 4.75. The molecule has 1 saturated heterocycles. The number of rotatable bonds is 5. The number of nitrogens with zero attached hydrogens (tertiary/aromatic N) is 2. The van der Waals surface area contributed by atoms with Crippen LogP contribution in [0.5, 0.6) is 0 Å². The van der Waals surface area contributed by atoms with Crippen molar-refractivity contribution < 1.29 is 13.9 Å². The molecule has 0 saturated carbocycles. The van der Waals surface area contributed by atoms with E-state index < -0.39 is 0 Å². The minimum absolute atomic E-state index is 0.0896. The van der Waals surface area contributed by atoms with Crippen molar-refractivity contribution in [3.05, 3.63) is 36.1 Å². The van der Waals surface area contributed by atoms with Crippen molar-refractivity contribution in [2.45, 2.75) is 32.5 Å². The second kappa shape index (κ2) is 7.89. The van der Waals surface area contributed by atoms with Crippen LogP contribution in [0.4, 0.5) is 4.79 Å². The van der Waals surface area contributed by atoms with Gasteiger partial charge in [0.25, 0.3) is 0 Å². The van der Waals surface area contributed by atoms with Crippen LogP contribution in [0.3, 0.4) is 0 Å². The average molecular weight is 345 g/mol. The van der Waals surface area contributed by atoms with Crippen LogP contribution in [-0.4, -0.2) is 61.3 Å². The van der Waals surface area contributed by atoms with Crippen molar-refractivity contribution in [2.24, 2.45) is 0 Å². The highest BCUT2D eigenvalue weighted by Crippen LogP contribution is 2.19. The molecule has 0 spiro atoms. The summed E-state index contributed by atoms with van der Waals surface area (Å²) in [5, 5.41) is 4.07. The summed E-state index contributed by atoms with van der Waals surface area (Å²) in [7, 11) is 1.78. The summed E-state index contributed by atoms with van der Waals surface area (Å²) in [4.78, 5) is 16.4. The fraction of sp³-hybridized carbons (Fsp3) is 0.526. The van der Waals surface area contributed by atoms with E-state index in [0.717, 1.165) is 36.5 Å². The Morgan fingerprint density at radius 1 is 1.44 bits per heavy atom. The Labute approximate surface area is 148 Å². The first-order chi connectivity index (χ1) is 12.0. The molecule has 0 bridgehead atoms. The monoisotopic (exact) mass is 345 g/mol. The normalized spacial score (nSPS) is 19.7. The highest BCUT2D eigenvalue weighted by Gasteiger charge is 2.24. The lowest BCUT2D eigenvalue weighted by molar-refractivity contribution is -0.0177. The Hall–Kier alpha value is -2.05. The molecule has 2 amide bonds. The number of fused-ring (bicyclic) bond motifs is 1. The van der Waals surface area contributed by atoms with E-state index in [2.05, 4.69) is 24.1 Å². The van der Waals surface area contributed by atoms with Gasteiger partial charge >= 0.3 is 6.03 Å². The number of furan rings is 1. The lowest BCUT2D eigenvalue weighted by Crippen LogP contribution is -2.52. The van der Waals surface area contributed by atoms with E-state index in [-0.39, 0.29) is 12.1 Å². The summed E-state index contributed by atoms with van der Waals surface area (Å²) >= 11 is 0. The molecule has 1 fully saturated rings. The standard InChI is InChI=1S/C19H27N3O3/c1-14(22-8-9-24-13-15(22)2)11-20-19(23)21(3)12-17-10-16-6-4-5-7-18(16)25-17/h4-7,10,14-15H,8-9,11-13H2,1-3H3,(H,20,23)/t14-,15+/m1/s1. The topological polar surface area (TPSA) is 58.0 Å². The molecule has 1 N–H and O–H groups in total. The number of ether oxygens (including phenoxy) is 1. The van der Waals surface area contributed by atoms with Crippen molar-refractivity contribution in [3.8, 4) is 0 Å². The molecule has 2 heterocycles. The summed E-state index contributed by atoms with van der Waals surface area (Å²) in [6.07, 6.45) is 0. The predicted molar refractivity (Wildman–Crippen MR) is 97.5 cm³/mol. The maximum atomic E-state index is 12.4. The number of benzene rings is 1. The molecular formula is C19H27N3O3. The Morgan fingerprint density at radius 3 is 3.00 bits per heavy atom. The van der Waals surface area contributed by atoms with Gasteiger partial charge in [0.05, 0.1) is 19.8 Å². The van der Waals surface area contributed by atoms with Gasteiger partial charge in [-0.15, -0.1) is 0 Å². The molecule has 1 aliphatic rings. The van der Waals surface area contributed by atoms with Gasteiger partial charge in [-0.25, -0.2) is 4.79 Å². The summed E-state index contributed by atoms with van der Waals surface area (Å²) in [5.74, 6) is 0.786. The number of carbonyl (C=O) groups excluding carboxylic acids is 1. The lowest BCUT2D eigenvalue weighted by Gasteiger charge is -2.38. The number of urea groups is 1. The van der Waals surface area contributed by atoms with E-state index >= 15 is 0 Å². The lowest BCUT2D eigenvalue weighted by atomic mass is 10.2. The zero-order valence-electron chi connectivity index (χ0n) is 15.2. The molecule has 0 radical (unpaired) electrons. The van der Waals surface area contributed by atoms with Gasteiger partial charge < -0.3 is 19.4 Å². The van der Waals surface area contributed by atoms with Gasteiger partial charge in [-0.2, -0.15) is 0 Å². The molecule has 6 heteroatoms. The summed E-state index contributed by atoms with van der Waals surface area (Å²) in [5.41, 5.74) is 0.848. The summed E-state index contributed by atoms with van der Waals surface area (Å²) < 4.78 is 11.2. The van der Waals surface area contributed by atoms with Gasteiger partial charge in [-0.3, -0.25) is 4.90 Å². The van der Waals surface area contributed by atoms with Gasteiger partial charge in [0.15, 0.2) is 0 Å². The first kappa shape index (κ1) is 17.8. The van der Waals surface area contributed by atoms with E-state index in [0.29, 0.717) is 19.1 Å². The molecule has 2 atom stereocenters. The van der Waals surface area contributed by atoms with Crippen LogP contribution in [-0.2, 0) is 11.3 Å². The zero-order valence-corrected chi connectivity index (χ0v) is 15.2. The largest absolute Gasteiger partial charge is 0.459 e. The van der Waals surface area contributed by atoms with Crippen LogP contribution in [0.1, 0.15) is 19.6 Å². The molecule has 1 aromatic heterocycles. The second-order valence-electron chi connectivity index (χ2n) is 6.80. The summed E-state index contributed by atoms with van der Waals surface area (Å²) in [6, 6.07) is 10.4. The molecule has 25 heavy (non-hydrogen) atoms. The van der Waals surface area contributed by atoms with Gasteiger partial charge in [0.1, 0.15) is 11.3 Å². The molecule has 1 aliphatic heterocycles. The number of para-hydroxylation sites is 1. The Balaban J connectivity index is 1.50. The van der Waals surface area contributed by atoms with Crippen LogP contribution >= 0.6 is 0 Å². The van der Waals surface area contributed by atoms with Crippen LogP contribution in [0.2, 0.25) is 0 Å². The van der Waals surface area contributed by atoms with Gasteiger partial charge in [-0.1, -0.05) is 18.2 Å². The number of carbonyl (C=O) groups is 1. The second-order valence-corrected chi connectivity index (χ2v) is 6.80. The molecule has 6 nitrogen and oxygen atoms in total. The van der Waals surface area contributed by atoms with Crippen molar-refractivity contribution >= 4 is 17.0 Å². The first-order valence-corrected chi connectivity index (χ1v) is 8.84. The molecular weight excluding hydrogens is 318 g/mol. The quantitative estimate of drug-likeness (QED) is 0.905. The molecule has 0 unspecified atom stereocenters. The SMILES string of the molecule is C[C@H](CNC(=O)N(C)Cc1cc2ccccc2o1)N1CCOC[C@@H]1C. The van der Waals surface area contributed by atoms with Crippen LogP contribution < -0.4 is 5.32 Å². The van der Waals surface area contributed by atoms with E-state index in [1.165, 1.54) is 0 Å². The first-order valence-electron chi connectivity index (χ1n) is 8.84. The molecule has 3 rings (SSSR count). The zero-order chi connectivity index (χ0) is 17.8. The van der Waals surface area contributed by atoms with E-state index in [1.54, 1.807) is 11.9 Å². The third kappa shape index (κ3) is 4.32. The van der Waals surface area contributed by atoms with Crippen molar-refractivity contribution in [2.75, 3.05) is 33.4 Å². The maximum Gasteiger partial charge on any atom is 0.317 e. The van der Waals surface area contributed by atoms with Crippen molar-refractivity contribution in [1.29, 1.82) is 0 Å². The van der Waals surface area contributed by atoms with Crippen LogP contribution in [0, 0.1) is 0 Å². The average Bonchev–Trinajstić information content (AvgIpc) is 3.01. The maximum absolute atomic E-state index is 12.4. The van der Waals surface area contributed by atoms with E-state index in [1.807, 2.05) is 30.3 Å². The highest BCUT2D eigenvalue weighted by molar-refractivity contribution is 5.78. The number of nitrogens with one attached hydrogen (secondary N) is 1. The van der Waals surface area contributed by atoms with Gasteiger partial charge in [-0.05, 0) is 26.0 Å². The van der Waals surface area contributed by atoms with Gasteiger partial charge in [0.2, 0.25) is 0 Å². The third-order valence-electron chi connectivity index (χ3n) is 4.75. The predicted octanol–water partition coefficient (Wildman–Crippen LogP) is 2.68. The van der Waals surface area contributed by atoms with Crippen LogP contribution in [0.15, 0.2) is 34.7 Å². The number of amides is 2. The number of morpholine rings is 1. The van der Waals surface area contributed by atoms with Gasteiger partial charge in [0, 0.05) is 37.6 Å². The minimum atomic E-state index is -0.0896. The van der Waals surface area contributed by atoms with E-state index in [4.69, 9.17) is 9.15 Å². The van der Waals surface area contributed by atoms with Crippen molar-refractivity contribution in [3.63, 3.8) is 0 Å². The fourth-order valence-electron chi connectivity index (χ4n) is 3.30. The Morgan fingerprint density at radius 2 is 2.24 bits per heavy atom. The summed E-state index contributed by atoms with van der Waals surface area (Å²) in [6.45, 7) is 7.79. The molecule has 1 aromatic carbocycles. The van der Waals surface area contributed by atoms with Crippen LogP contribution in [0.25, 0.3) is 11.0 Å². The Bertz CT molecular complexity index is 682. The Kier molecular flexibility index (Phi) is 5.60. The molecule has 136 valence electrons. The molecule has 2 aromatic rings. The highest BCUT2D eigenvalue weighted by atomic mass is 16.5. The fourth-order valence-corrected chi connectivity index (χ4v) is 3.30. The number of hydrogen-bond acceptors (Lipinski definition) is 4. The van der Waals surface area contributed by atoms with Crippen molar-refractivity contribution in [1.82, 2.24) is 15.1 Å². The smallest absolute Gasteiger partial charge is 0.317 e.